The summed E-state index contributed by atoms with van der Waals surface area (Å²) in [5, 5.41) is 2.70. The first-order chi connectivity index (χ1) is 11.7. The summed E-state index contributed by atoms with van der Waals surface area (Å²) < 4.78 is 33.1. The summed E-state index contributed by atoms with van der Waals surface area (Å²) in [7, 11) is -3.80. The Morgan fingerprint density at radius 2 is 1.92 bits per heavy atom. The molecule has 1 aromatic heterocycles. The molecule has 2 N–H and O–H groups in total. The molecule has 6 nitrogen and oxygen atoms in total. The van der Waals surface area contributed by atoms with Gasteiger partial charge in [-0.05, 0) is 43.5 Å². The van der Waals surface area contributed by atoms with Crippen LogP contribution in [0, 0.1) is 19.8 Å². The number of aryl methyl sites for hydroxylation is 2. The first kappa shape index (κ1) is 19.2. The van der Waals surface area contributed by atoms with E-state index in [1.165, 1.54) is 6.26 Å². The fourth-order valence-corrected chi connectivity index (χ4v) is 4.09. The average molecular weight is 364 g/mol. The van der Waals surface area contributed by atoms with E-state index in [9.17, 15) is 13.2 Å². The van der Waals surface area contributed by atoms with Crippen molar-refractivity contribution in [2.24, 2.45) is 5.92 Å². The number of amides is 1. The van der Waals surface area contributed by atoms with Gasteiger partial charge in [-0.2, -0.15) is 4.72 Å². The summed E-state index contributed by atoms with van der Waals surface area (Å²) in [6.45, 7) is 7.43. The number of hydrogen-bond acceptors (Lipinski definition) is 4. The number of hydrogen-bond donors (Lipinski definition) is 2. The number of nitrogens with one attached hydrogen (secondary N) is 2. The van der Waals surface area contributed by atoms with Crippen LogP contribution in [0.1, 0.15) is 30.7 Å². The van der Waals surface area contributed by atoms with E-state index in [-0.39, 0.29) is 23.3 Å². The Labute approximate surface area is 148 Å². The van der Waals surface area contributed by atoms with E-state index >= 15 is 0 Å². The van der Waals surface area contributed by atoms with Crippen molar-refractivity contribution < 1.29 is 17.6 Å². The molecule has 1 amide bonds. The molecule has 0 spiro atoms. The molecule has 136 valence electrons. The van der Waals surface area contributed by atoms with E-state index < -0.39 is 16.1 Å². The second-order valence-corrected chi connectivity index (χ2v) is 8.09. The van der Waals surface area contributed by atoms with Crippen molar-refractivity contribution in [3.63, 3.8) is 0 Å². The Morgan fingerprint density at radius 3 is 2.48 bits per heavy atom. The average Bonchev–Trinajstić information content (AvgIpc) is 3.03. The van der Waals surface area contributed by atoms with Crippen LogP contribution >= 0.6 is 0 Å². The van der Waals surface area contributed by atoms with E-state index in [1.54, 1.807) is 51.1 Å². The van der Waals surface area contributed by atoms with E-state index in [0.717, 1.165) is 5.56 Å². The van der Waals surface area contributed by atoms with Gasteiger partial charge in [-0.3, -0.25) is 4.79 Å². The number of carbonyl (C=O) groups excluding carboxylic acids is 1. The molecule has 1 atom stereocenters. The highest BCUT2D eigenvalue weighted by Gasteiger charge is 2.29. The van der Waals surface area contributed by atoms with Gasteiger partial charge in [0.05, 0.1) is 17.7 Å². The van der Waals surface area contributed by atoms with Gasteiger partial charge in [-0.25, -0.2) is 8.42 Å². The fraction of sp³-hybridized carbons (Fsp3) is 0.389. The van der Waals surface area contributed by atoms with Gasteiger partial charge in [0.25, 0.3) is 0 Å². The maximum Gasteiger partial charge on any atom is 0.241 e. The minimum absolute atomic E-state index is 0.183. The van der Waals surface area contributed by atoms with Gasteiger partial charge in [0.2, 0.25) is 15.9 Å². The summed E-state index contributed by atoms with van der Waals surface area (Å²) in [4.78, 5) is 12.6. The van der Waals surface area contributed by atoms with Crippen LogP contribution in [0.4, 0.5) is 0 Å². The number of furan rings is 1. The Kier molecular flexibility index (Phi) is 6.02. The quantitative estimate of drug-likeness (QED) is 0.790. The van der Waals surface area contributed by atoms with E-state index in [4.69, 9.17) is 4.42 Å². The topological polar surface area (TPSA) is 88.4 Å². The lowest BCUT2D eigenvalue weighted by Gasteiger charge is -2.22. The normalized spacial score (nSPS) is 13.0. The Bertz CT molecular complexity index is 827. The molecule has 1 aromatic carbocycles. The van der Waals surface area contributed by atoms with Crippen molar-refractivity contribution in [2.45, 2.75) is 45.2 Å². The zero-order valence-corrected chi connectivity index (χ0v) is 15.7. The van der Waals surface area contributed by atoms with Gasteiger partial charge in [0.15, 0.2) is 0 Å². The van der Waals surface area contributed by atoms with Crippen molar-refractivity contribution in [2.75, 3.05) is 0 Å². The molecular formula is C18H24N2O4S. The van der Waals surface area contributed by atoms with Crippen molar-refractivity contribution >= 4 is 15.9 Å². The summed E-state index contributed by atoms with van der Waals surface area (Å²) >= 11 is 0. The lowest BCUT2D eigenvalue weighted by molar-refractivity contribution is -0.123. The molecule has 0 aliphatic carbocycles. The minimum atomic E-state index is -3.80. The molecule has 0 saturated carbocycles. The van der Waals surface area contributed by atoms with Crippen LogP contribution in [0.5, 0.6) is 0 Å². The monoisotopic (exact) mass is 364 g/mol. The summed E-state index contributed by atoms with van der Waals surface area (Å²) in [6, 6.07) is 7.69. The number of rotatable bonds is 7. The molecule has 2 rings (SSSR count). The maximum atomic E-state index is 12.7. The number of benzene rings is 1. The first-order valence-electron chi connectivity index (χ1n) is 8.10. The van der Waals surface area contributed by atoms with Crippen molar-refractivity contribution in [3.8, 4) is 0 Å². The third-order valence-corrected chi connectivity index (χ3v) is 5.47. The largest absolute Gasteiger partial charge is 0.467 e. The van der Waals surface area contributed by atoms with Crippen molar-refractivity contribution in [3.05, 3.63) is 53.5 Å². The van der Waals surface area contributed by atoms with E-state index in [2.05, 4.69) is 10.0 Å². The molecule has 0 unspecified atom stereocenters. The summed E-state index contributed by atoms with van der Waals surface area (Å²) in [5.41, 5.74) is 1.62. The second-order valence-electron chi connectivity index (χ2n) is 6.41. The zero-order chi connectivity index (χ0) is 18.6. The summed E-state index contributed by atoms with van der Waals surface area (Å²) in [6.07, 6.45) is 1.52. The van der Waals surface area contributed by atoms with Crippen molar-refractivity contribution in [1.82, 2.24) is 10.0 Å². The number of sulfonamides is 1. The zero-order valence-electron chi connectivity index (χ0n) is 14.9. The van der Waals surface area contributed by atoms with Gasteiger partial charge in [0.1, 0.15) is 11.8 Å². The molecule has 2 aromatic rings. The van der Waals surface area contributed by atoms with Crippen LogP contribution in [0.15, 0.2) is 45.9 Å². The highest BCUT2D eigenvalue weighted by Crippen LogP contribution is 2.18. The third-order valence-electron chi connectivity index (χ3n) is 3.87. The van der Waals surface area contributed by atoms with Crippen LogP contribution in [0.3, 0.4) is 0 Å². The smallest absolute Gasteiger partial charge is 0.241 e. The molecule has 0 radical (unpaired) electrons. The Morgan fingerprint density at radius 1 is 1.20 bits per heavy atom. The van der Waals surface area contributed by atoms with Crippen LogP contribution < -0.4 is 10.0 Å². The third kappa shape index (κ3) is 4.93. The predicted molar refractivity (Wildman–Crippen MR) is 95.4 cm³/mol. The Balaban J connectivity index is 2.15. The van der Waals surface area contributed by atoms with Crippen LogP contribution in [0.2, 0.25) is 0 Å². The highest BCUT2D eigenvalue weighted by molar-refractivity contribution is 7.89. The molecule has 0 aliphatic rings. The van der Waals surface area contributed by atoms with Crippen molar-refractivity contribution in [1.29, 1.82) is 0 Å². The highest BCUT2D eigenvalue weighted by atomic mass is 32.2. The predicted octanol–water partition coefficient (Wildman–Crippen LogP) is 2.52. The molecule has 1 heterocycles. The molecular weight excluding hydrogens is 340 g/mol. The molecule has 0 fully saturated rings. The molecule has 7 heteroatoms. The number of carbonyl (C=O) groups is 1. The second kappa shape index (κ2) is 7.84. The molecule has 0 aliphatic heterocycles. The standard InChI is InChI=1S/C18H24N2O4S/c1-12(2)17(18(21)19-11-15-6-5-9-24-15)20-25(22,23)16-8-7-13(3)10-14(16)4/h5-10,12,17,20H,11H2,1-4H3,(H,19,21)/t17-/m1/s1. The van der Waals surface area contributed by atoms with Gasteiger partial charge < -0.3 is 9.73 Å². The Hall–Kier alpha value is -2.12. The van der Waals surface area contributed by atoms with Crippen LogP contribution in [0.25, 0.3) is 0 Å². The van der Waals surface area contributed by atoms with Gasteiger partial charge >= 0.3 is 0 Å². The minimum Gasteiger partial charge on any atom is -0.467 e. The fourth-order valence-electron chi connectivity index (χ4n) is 2.52. The van der Waals surface area contributed by atoms with Gasteiger partial charge in [-0.1, -0.05) is 31.5 Å². The van der Waals surface area contributed by atoms with Gasteiger partial charge in [-0.15, -0.1) is 0 Å². The maximum absolute atomic E-state index is 12.7. The van der Waals surface area contributed by atoms with Gasteiger partial charge in [0, 0.05) is 0 Å². The molecule has 0 bridgehead atoms. The van der Waals surface area contributed by atoms with Crippen LogP contribution in [-0.4, -0.2) is 20.4 Å². The van der Waals surface area contributed by atoms with Crippen LogP contribution in [-0.2, 0) is 21.4 Å². The van der Waals surface area contributed by atoms with E-state index in [0.29, 0.717) is 11.3 Å². The lowest BCUT2D eigenvalue weighted by atomic mass is 10.1. The first-order valence-corrected chi connectivity index (χ1v) is 9.58. The van der Waals surface area contributed by atoms with E-state index in [1.807, 2.05) is 6.92 Å². The molecule has 25 heavy (non-hydrogen) atoms. The molecule has 0 saturated heterocycles. The summed E-state index contributed by atoms with van der Waals surface area (Å²) in [5.74, 6) is 0.00459. The SMILES string of the molecule is Cc1ccc(S(=O)(=O)N[C@@H](C(=O)NCc2ccco2)C(C)C)c(C)c1. The lowest BCUT2D eigenvalue weighted by Crippen LogP contribution is -2.49.